The van der Waals surface area contributed by atoms with Gasteiger partial charge in [0, 0.05) is 39.1 Å². The molecule has 0 spiro atoms. The predicted octanol–water partition coefficient (Wildman–Crippen LogP) is 2.12. The molecule has 0 radical (unpaired) electrons. The molecule has 1 saturated heterocycles. The fraction of sp³-hybridized carbons (Fsp3) is 0.368. The molecule has 0 N–H and O–H groups in total. The van der Waals surface area contributed by atoms with Crippen LogP contribution in [0.5, 0.6) is 0 Å². The van der Waals surface area contributed by atoms with Crippen molar-refractivity contribution in [2.45, 2.75) is 12.6 Å². The van der Waals surface area contributed by atoms with Gasteiger partial charge in [-0.05, 0) is 29.3 Å². The van der Waals surface area contributed by atoms with E-state index in [2.05, 4.69) is 18.6 Å². The summed E-state index contributed by atoms with van der Waals surface area (Å²) < 4.78 is 14.0. The minimum atomic E-state index is -0.350. The summed E-state index contributed by atoms with van der Waals surface area (Å²) >= 11 is 1.20. The van der Waals surface area contributed by atoms with Crippen LogP contribution in [0.4, 0.5) is 0 Å². The van der Waals surface area contributed by atoms with Gasteiger partial charge < -0.3 is 9.64 Å². The lowest BCUT2D eigenvalue weighted by molar-refractivity contribution is -0.138. The zero-order valence-electron chi connectivity index (χ0n) is 15.1. The lowest BCUT2D eigenvalue weighted by atomic mass is 10.0. The number of hydrogen-bond donors (Lipinski definition) is 0. The van der Waals surface area contributed by atoms with Crippen LogP contribution in [-0.4, -0.2) is 62.8 Å². The molecule has 1 unspecified atom stereocenters. The third kappa shape index (κ3) is 3.97. The number of morpholine rings is 1. The predicted molar refractivity (Wildman–Crippen MR) is 103 cm³/mol. The normalized spacial score (nSPS) is 16.3. The van der Waals surface area contributed by atoms with E-state index in [0.29, 0.717) is 19.8 Å². The lowest BCUT2D eigenvalue weighted by Gasteiger charge is -2.35. The zero-order chi connectivity index (χ0) is 18.6. The average Bonchev–Trinajstić information content (AvgIpc) is 3.17. The van der Waals surface area contributed by atoms with Gasteiger partial charge >= 0.3 is 0 Å². The maximum Gasteiger partial charge on any atom is 0.244 e. The summed E-state index contributed by atoms with van der Waals surface area (Å²) in [4.78, 5) is 21.5. The van der Waals surface area contributed by atoms with E-state index in [1.807, 2.05) is 37.4 Å². The molecule has 140 valence electrons. The molecule has 8 heteroatoms. The Morgan fingerprint density at radius 1 is 1.26 bits per heavy atom. The van der Waals surface area contributed by atoms with Crippen molar-refractivity contribution in [3.63, 3.8) is 0 Å². The summed E-state index contributed by atoms with van der Waals surface area (Å²) in [5.74, 6) is 0.0569. The Bertz CT molecular complexity index is 911. The number of aromatic nitrogens is 3. The molecule has 2 aromatic heterocycles. The summed E-state index contributed by atoms with van der Waals surface area (Å²) in [7, 11) is 1.84. The number of carbonyl (C=O) groups is 1. The third-order valence-corrected chi connectivity index (χ3v) is 5.32. The third-order valence-electron chi connectivity index (χ3n) is 4.76. The summed E-state index contributed by atoms with van der Waals surface area (Å²) in [5.41, 5.74) is 3.71. The molecule has 1 aliphatic heterocycles. The Morgan fingerprint density at radius 2 is 2.07 bits per heavy atom. The number of benzene rings is 1. The Kier molecular flexibility index (Phi) is 5.38. The summed E-state index contributed by atoms with van der Waals surface area (Å²) in [5, 5.41) is 0. The van der Waals surface area contributed by atoms with Gasteiger partial charge in [0.05, 0.1) is 24.9 Å². The smallest absolute Gasteiger partial charge is 0.244 e. The lowest BCUT2D eigenvalue weighted by Crippen LogP contribution is -2.46. The number of nitrogens with zero attached hydrogens (tertiary/aromatic N) is 5. The average molecular weight is 383 g/mol. The molecule has 1 aliphatic rings. The van der Waals surface area contributed by atoms with Crippen LogP contribution in [0.2, 0.25) is 0 Å². The highest BCUT2D eigenvalue weighted by atomic mass is 32.1. The number of rotatable bonds is 5. The second kappa shape index (κ2) is 8.08. The van der Waals surface area contributed by atoms with Crippen LogP contribution in [0.3, 0.4) is 0 Å². The number of fused-ring (bicyclic) bond motifs is 1. The van der Waals surface area contributed by atoms with Crippen LogP contribution >= 0.6 is 11.7 Å². The Morgan fingerprint density at radius 3 is 2.85 bits per heavy atom. The molecule has 3 heterocycles. The molecule has 0 saturated carbocycles. The van der Waals surface area contributed by atoms with Crippen molar-refractivity contribution in [1.82, 2.24) is 23.5 Å². The van der Waals surface area contributed by atoms with E-state index in [-0.39, 0.29) is 11.9 Å². The molecule has 27 heavy (non-hydrogen) atoms. The van der Waals surface area contributed by atoms with Crippen LogP contribution in [0.15, 0.2) is 42.7 Å². The maximum atomic E-state index is 13.4. The van der Waals surface area contributed by atoms with Gasteiger partial charge in [0.1, 0.15) is 17.1 Å². The van der Waals surface area contributed by atoms with E-state index in [1.165, 1.54) is 11.7 Å². The highest BCUT2D eigenvalue weighted by Gasteiger charge is 2.31. The fourth-order valence-electron chi connectivity index (χ4n) is 3.37. The molecule has 0 aliphatic carbocycles. The molecular formula is C19H21N5O2S. The topological polar surface area (TPSA) is 71.5 Å². The van der Waals surface area contributed by atoms with Gasteiger partial charge in [0.25, 0.3) is 0 Å². The molecule has 0 bridgehead atoms. The summed E-state index contributed by atoms with van der Waals surface area (Å²) in [6.45, 7) is 3.26. The first-order valence-corrected chi connectivity index (χ1v) is 9.63. The minimum absolute atomic E-state index is 0.0569. The Labute approximate surface area is 161 Å². The number of likely N-dealkylation sites (N-methyl/N-ethyl adjacent to an activating group) is 1. The van der Waals surface area contributed by atoms with Crippen molar-refractivity contribution in [3.05, 3.63) is 53.9 Å². The van der Waals surface area contributed by atoms with Gasteiger partial charge in [-0.15, -0.1) is 0 Å². The quantitative estimate of drug-likeness (QED) is 0.672. The Balaban J connectivity index is 1.55. The van der Waals surface area contributed by atoms with Crippen LogP contribution in [0.25, 0.3) is 11.0 Å². The fourth-order valence-corrected chi connectivity index (χ4v) is 3.89. The number of hydrogen-bond acceptors (Lipinski definition) is 7. The Hall–Kier alpha value is -2.42. The monoisotopic (exact) mass is 383 g/mol. The summed E-state index contributed by atoms with van der Waals surface area (Å²) in [6.07, 6.45) is 3.50. The van der Waals surface area contributed by atoms with Crippen molar-refractivity contribution >= 4 is 28.7 Å². The van der Waals surface area contributed by atoms with Gasteiger partial charge in [0.15, 0.2) is 0 Å². The maximum absolute atomic E-state index is 13.4. The van der Waals surface area contributed by atoms with Crippen molar-refractivity contribution in [2.24, 2.45) is 0 Å². The number of ether oxygens (including phenoxy) is 1. The van der Waals surface area contributed by atoms with Gasteiger partial charge in [-0.1, -0.05) is 12.1 Å². The van der Waals surface area contributed by atoms with E-state index in [0.717, 1.165) is 35.2 Å². The van der Waals surface area contributed by atoms with E-state index >= 15 is 0 Å². The second-order valence-electron chi connectivity index (χ2n) is 6.62. The van der Waals surface area contributed by atoms with Crippen LogP contribution < -0.4 is 0 Å². The SMILES string of the molecule is CN(Cc1ccc2nsnc2c1)C(=O)C(c1cccnc1)N1CCOCC1. The minimum Gasteiger partial charge on any atom is -0.379 e. The second-order valence-corrected chi connectivity index (χ2v) is 7.15. The zero-order valence-corrected chi connectivity index (χ0v) is 15.9. The van der Waals surface area contributed by atoms with Gasteiger partial charge in [0.2, 0.25) is 5.91 Å². The summed E-state index contributed by atoms with van der Waals surface area (Å²) in [6, 6.07) is 9.44. The number of amides is 1. The van der Waals surface area contributed by atoms with Crippen LogP contribution in [0, 0.1) is 0 Å². The van der Waals surface area contributed by atoms with Gasteiger partial charge in [-0.2, -0.15) is 8.75 Å². The van der Waals surface area contributed by atoms with Crippen molar-refractivity contribution in [1.29, 1.82) is 0 Å². The molecule has 1 aromatic carbocycles. The molecule has 1 amide bonds. The van der Waals surface area contributed by atoms with E-state index in [1.54, 1.807) is 17.3 Å². The van der Waals surface area contributed by atoms with Gasteiger partial charge in [-0.25, -0.2) is 0 Å². The van der Waals surface area contributed by atoms with E-state index in [4.69, 9.17) is 4.74 Å². The van der Waals surface area contributed by atoms with Crippen molar-refractivity contribution in [3.8, 4) is 0 Å². The van der Waals surface area contributed by atoms with Crippen molar-refractivity contribution in [2.75, 3.05) is 33.4 Å². The standard InChI is InChI=1S/C19H21N5O2S/c1-23(13-14-4-5-16-17(11-14)22-27-21-16)19(25)18(15-3-2-6-20-12-15)24-7-9-26-10-8-24/h2-6,11-12,18H,7-10,13H2,1H3. The van der Waals surface area contributed by atoms with Crippen LogP contribution in [-0.2, 0) is 16.1 Å². The number of carbonyl (C=O) groups excluding carboxylic acids is 1. The number of pyridine rings is 1. The molecule has 1 atom stereocenters. The first kappa shape index (κ1) is 18.0. The van der Waals surface area contributed by atoms with Crippen molar-refractivity contribution < 1.29 is 9.53 Å². The highest BCUT2D eigenvalue weighted by molar-refractivity contribution is 7.00. The molecular weight excluding hydrogens is 362 g/mol. The highest BCUT2D eigenvalue weighted by Crippen LogP contribution is 2.24. The van der Waals surface area contributed by atoms with Crippen LogP contribution in [0.1, 0.15) is 17.2 Å². The van der Waals surface area contributed by atoms with E-state index in [9.17, 15) is 4.79 Å². The molecule has 4 rings (SSSR count). The molecule has 7 nitrogen and oxygen atoms in total. The van der Waals surface area contributed by atoms with E-state index < -0.39 is 0 Å². The molecule has 3 aromatic rings. The van der Waals surface area contributed by atoms with Gasteiger partial charge in [-0.3, -0.25) is 14.7 Å². The molecule has 1 fully saturated rings. The first-order chi connectivity index (χ1) is 13.2. The largest absolute Gasteiger partial charge is 0.379 e. The first-order valence-electron chi connectivity index (χ1n) is 8.90.